The molecular weight excluding hydrogens is 398 g/mol. The highest BCUT2D eigenvalue weighted by atomic mass is 32.2. The second-order valence-electron chi connectivity index (χ2n) is 8.07. The summed E-state index contributed by atoms with van der Waals surface area (Å²) < 4.78 is 10.9. The fraction of sp³-hybridized carbons (Fsp3) is 0.609. The van der Waals surface area contributed by atoms with E-state index in [0.29, 0.717) is 17.3 Å². The Hall–Kier alpha value is -2.02. The second kappa shape index (κ2) is 10.3. The Bertz CT molecular complexity index is 835. The van der Waals surface area contributed by atoms with Gasteiger partial charge in [0.2, 0.25) is 0 Å². The van der Waals surface area contributed by atoms with E-state index in [9.17, 15) is 4.79 Å². The summed E-state index contributed by atoms with van der Waals surface area (Å²) in [5.74, 6) is 2.93. The number of carbonyl (C=O) groups is 1. The van der Waals surface area contributed by atoms with Crippen LogP contribution >= 0.6 is 11.8 Å². The fourth-order valence-corrected chi connectivity index (χ4v) is 4.93. The third-order valence-electron chi connectivity index (χ3n) is 5.50. The van der Waals surface area contributed by atoms with Crippen molar-refractivity contribution >= 4 is 34.4 Å². The average Bonchev–Trinajstić information content (AvgIpc) is 3.09. The predicted molar refractivity (Wildman–Crippen MR) is 124 cm³/mol. The van der Waals surface area contributed by atoms with Crippen molar-refractivity contribution in [2.75, 3.05) is 20.0 Å². The summed E-state index contributed by atoms with van der Waals surface area (Å²) in [6.45, 7) is 6.35. The van der Waals surface area contributed by atoms with E-state index in [1.54, 1.807) is 26.0 Å². The molecule has 6 nitrogen and oxygen atoms in total. The summed E-state index contributed by atoms with van der Waals surface area (Å²) >= 11 is 1.72. The van der Waals surface area contributed by atoms with Crippen LogP contribution in [-0.2, 0) is 4.79 Å². The van der Waals surface area contributed by atoms with Crippen LogP contribution in [-0.4, -0.2) is 47.8 Å². The molecule has 0 fully saturated rings. The van der Waals surface area contributed by atoms with E-state index in [1.165, 1.54) is 32.1 Å². The van der Waals surface area contributed by atoms with Crippen LogP contribution < -0.4 is 9.47 Å². The number of hydrogen-bond donors (Lipinski definition) is 0. The number of amides is 1. The maximum atomic E-state index is 12.7. The van der Waals surface area contributed by atoms with Gasteiger partial charge in [-0.2, -0.15) is 4.99 Å². The normalized spacial score (nSPS) is 17.6. The molecule has 3 rings (SSSR count). The van der Waals surface area contributed by atoms with Crippen LogP contribution in [0, 0.1) is 5.92 Å². The lowest BCUT2D eigenvalue weighted by atomic mass is 10.0. The number of unbranched alkanes of at least 4 members (excludes halogenated alkanes) is 5. The number of ether oxygens (including phenoxy) is 2. The third-order valence-corrected chi connectivity index (χ3v) is 6.54. The van der Waals surface area contributed by atoms with Gasteiger partial charge < -0.3 is 9.47 Å². The molecule has 0 bridgehead atoms. The van der Waals surface area contributed by atoms with E-state index < -0.39 is 0 Å². The van der Waals surface area contributed by atoms with E-state index in [0.717, 1.165) is 28.6 Å². The topological polar surface area (TPSA) is 63.5 Å². The predicted octanol–water partition coefficient (Wildman–Crippen LogP) is 5.41. The Morgan fingerprint density at radius 3 is 2.37 bits per heavy atom. The molecular formula is C23H33N3O3S. The SMILES string of the molecule is CCCCCCCCSC1=Nc2cc(OC)c(OC)cc2C2=NC(=O)[C@H](C(C)C)N12. The van der Waals surface area contributed by atoms with Gasteiger partial charge in [-0.3, -0.25) is 9.69 Å². The van der Waals surface area contributed by atoms with Crippen molar-refractivity contribution in [1.82, 2.24) is 4.90 Å². The van der Waals surface area contributed by atoms with Crippen molar-refractivity contribution in [2.45, 2.75) is 65.3 Å². The van der Waals surface area contributed by atoms with Crippen molar-refractivity contribution in [3.63, 3.8) is 0 Å². The van der Waals surface area contributed by atoms with E-state index in [1.807, 2.05) is 17.0 Å². The van der Waals surface area contributed by atoms with Gasteiger partial charge >= 0.3 is 0 Å². The molecule has 1 aromatic carbocycles. The third kappa shape index (κ3) is 4.66. The highest BCUT2D eigenvalue weighted by Gasteiger charge is 2.43. The van der Waals surface area contributed by atoms with Crippen molar-refractivity contribution in [3.8, 4) is 11.5 Å². The second-order valence-corrected chi connectivity index (χ2v) is 9.13. The summed E-state index contributed by atoms with van der Waals surface area (Å²) in [6, 6.07) is 3.43. The van der Waals surface area contributed by atoms with E-state index in [4.69, 9.17) is 14.5 Å². The molecule has 0 unspecified atom stereocenters. The van der Waals surface area contributed by atoms with E-state index in [-0.39, 0.29) is 17.9 Å². The van der Waals surface area contributed by atoms with Crippen molar-refractivity contribution < 1.29 is 14.3 Å². The first kappa shape index (κ1) is 22.7. The lowest BCUT2D eigenvalue weighted by molar-refractivity contribution is -0.120. The Labute approximate surface area is 184 Å². The number of methoxy groups -OCH3 is 2. The van der Waals surface area contributed by atoms with Crippen LogP contribution in [0.1, 0.15) is 64.9 Å². The largest absolute Gasteiger partial charge is 0.493 e. The first-order valence-corrected chi connectivity index (χ1v) is 11.9. The fourth-order valence-electron chi connectivity index (χ4n) is 3.89. The summed E-state index contributed by atoms with van der Waals surface area (Å²) in [5.41, 5.74) is 1.58. The molecule has 1 aromatic rings. The number of carbonyl (C=O) groups excluding carboxylic acids is 1. The Morgan fingerprint density at radius 2 is 1.70 bits per heavy atom. The van der Waals surface area contributed by atoms with Gasteiger partial charge in [0.15, 0.2) is 16.7 Å². The average molecular weight is 432 g/mol. The Morgan fingerprint density at radius 1 is 1.03 bits per heavy atom. The molecule has 0 aromatic heterocycles. The Balaban J connectivity index is 1.86. The lowest BCUT2D eigenvalue weighted by Crippen LogP contribution is -2.46. The van der Waals surface area contributed by atoms with Crippen LogP contribution in [0.25, 0.3) is 0 Å². The van der Waals surface area contributed by atoms with E-state index >= 15 is 0 Å². The number of benzene rings is 1. The summed E-state index contributed by atoms with van der Waals surface area (Å²) in [5, 5.41) is 0.853. The molecule has 0 N–H and O–H groups in total. The van der Waals surface area contributed by atoms with Gasteiger partial charge in [-0.1, -0.05) is 64.6 Å². The number of hydrogen-bond acceptors (Lipinski definition) is 6. The zero-order valence-corrected chi connectivity index (χ0v) is 19.6. The van der Waals surface area contributed by atoms with E-state index in [2.05, 4.69) is 25.8 Å². The maximum Gasteiger partial charge on any atom is 0.271 e. The highest BCUT2D eigenvalue weighted by molar-refractivity contribution is 8.13. The molecule has 0 saturated carbocycles. The molecule has 0 radical (unpaired) electrons. The number of amidine groups is 2. The zero-order chi connectivity index (χ0) is 21.7. The van der Waals surface area contributed by atoms with Crippen LogP contribution in [0.4, 0.5) is 5.69 Å². The van der Waals surface area contributed by atoms with Gasteiger partial charge in [0.1, 0.15) is 11.9 Å². The van der Waals surface area contributed by atoms with Crippen LogP contribution in [0.3, 0.4) is 0 Å². The standard InChI is InChI=1S/C23H33N3O3S/c1-6-7-8-9-10-11-12-30-23-24-17-14-19(29-5)18(28-4)13-16(17)21-25-22(27)20(15(2)3)26(21)23/h13-15,20H,6-12H2,1-5H3/t20-/m0/s1. The number of aliphatic imine (C=N–C) groups is 2. The van der Waals surface area contributed by atoms with Gasteiger partial charge in [-0.05, 0) is 18.4 Å². The molecule has 1 atom stereocenters. The highest BCUT2D eigenvalue weighted by Crippen LogP contribution is 2.41. The van der Waals surface area contributed by atoms with Gasteiger partial charge in [-0.25, -0.2) is 4.99 Å². The van der Waals surface area contributed by atoms with Gasteiger partial charge in [-0.15, -0.1) is 0 Å². The molecule has 2 aliphatic rings. The maximum absolute atomic E-state index is 12.7. The number of thioether (sulfide) groups is 1. The monoisotopic (exact) mass is 431 g/mol. The first-order valence-electron chi connectivity index (χ1n) is 10.9. The molecule has 2 aliphatic heterocycles. The summed E-state index contributed by atoms with van der Waals surface area (Å²) in [4.78, 5) is 24.1. The molecule has 30 heavy (non-hydrogen) atoms. The molecule has 0 aliphatic carbocycles. The van der Waals surface area contributed by atoms with Crippen molar-refractivity contribution in [1.29, 1.82) is 0 Å². The summed E-state index contributed by atoms with van der Waals surface area (Å²) in [7, 11) is 3.22. The minimum absolute atomic E-state index is 0.101. The molecule has 1 amide bonds. The van der Waals surface area contributed by atoms with Crippen LogP contribution in [0.5, 0.6) is 11.5 Å². The zero-order valence-electron chi connectivity index (χ0n) is 18.7. The van der Waals surface area contributed by atoms with Gasteiger partial charge in [0.05, 0.1) is 19.9 Å². The number of fused-ring (bicyclic) bond motifs is 3. The first-order chi connectivity index (χ1) is 14.5. The van der Waals surface area contributed by atoms with Gasteiger partial charge in [0.25, 0.3) is 5.91 Å². The lowest BCUT2D eigenvalue weighted by Gasteiger charge is -2.33. The number of rotatable bonds is 10. The minimum atomic E-state index is -0.308. The minimum Gasteiger partial charge on any atom is -0.493 e. The number of nitrogens with zero attached hydrogens (tertiary/aromatic N) is 3. The van der Waals surface area contributed by atoms with Crippen LogP contribution in [0.2, 0.25) is 0 Å². The molecule has 164 valence electrons. The Kier molecular flexibility index (Phi) is 7.81. The molecule has 0 saturated heterocycles. The molecule has 2 heterocycles. The smallest absolute Gasteiger partial charge is 0.271 e. The van der Waals surface area contributed by atoms with Crippen LogP contribution in [0.15, 0.2) is 22.1 Å². The van der Waals surface area contributed by atoms with Gasteiger partial charge in [0, 0.05) is 17.4 Å². The van der Waals surface area contributed by atoms with Crippen molar-refractivity contribution in [2.24, 2.45) is 15.9 Å². The quantitative estimate of drug-likeness (QED) is 0.463. The molecule has 0 spiro atoms. The molecule has 7 heteroatoms. The summed E-state index contributed by atoms with van der Waals surface area (Å²) in [6.07, 6.45) is 7.55. The van der Waals surface area contributed by atoms with Crippen molar-refractivity contribution in [3.05, 3.63) is 17.7 Å².